The summed E-state index contributed by atoms with van der Waals surface area (Å²) in [6, 6.07) is 4.56. The van der Waals surface area contributed by atoms with E-state index >= 15 is 0 Å². The van der Waals surface area contributed by atoms with Gasteiger partial charge in [-0.1, -0.05) is 13.8 Å². The minimum atomic E-state index is -0.931. The highest BCUT2D eigenvalue weighted by atomic mass is 79.9. The van der Waals surface area contributed by atoms with Crippen molar-refractivity contribution in [2.24, 2.45) is 5.92 Å². The third kappa shape index (κ3) is 4.52. The van der Waals surface area contributed by atoms with Crippen LogP contribution in [-0.4, -0.2) is 30.1 Å². The molecule has 1 unspecified atom stereocenters. The fourth-order valence-corrected chi connectivity index (χ4v) is 2.24. The first kappa shape index (κ1) is 16.5. The van der Waals surface area contributed by atoms with Gasteiger partial charge < -0.3 is 15.2 Å². The van der Waals surface area contributed by atoms with Crippen LogP contribution in [0.25, 0.3) is 0 Å². The number of carbonyl (C=O) groups is 2. The number of ether oxygens (including phenoxy) is 1. The van der Waals surface area contributed by atoms with E-state index in [2.05, 4.69) is 21.2 Å². The van der Waals surface area contributed by atoms with Crippen molar-refractivity contribution in [3.63, 3.8) is 0 Å². The van der Waals surface area contributed by atoms with Gasteiger partial charge in [0.1, 0.15) is 5.75 Å². The van der Waals surface area contributed by atoms with E-state index in [1.54, 1.807) is 25.3 Å². The lowest BCUT2D eigenvalue weighted by Gasteiger charge is -2.20. The van der Waals surface area contributed by atoms with E-state index in [-0.39, 0.29) is 18.2 Å². The molecule has 2 N–H and O–H groups in total. The average Bonchev–Trinajstić information content (AvgIpc) is 2.37. The highest BCUT2D eigenvalue weighted by Crippen LogP contribution is 2.25. The average molecular weight is 344 g/mol. The highest BCUT2D eigenvalue weighted by molar-refractivity contribution is 9.10. The van der Waals surface area contributed by atoms with E-state index in [1.165, 1.54) is 0 Å². The molecule has 20 heavy (non-hydrogen) atoms. The number of carboxylic acid groups (broad SMARTS) is 1. The minimum Gasteiger partial charge on any atom is -0.496 e. The van der Waals surface area contributed by atoms with E-state index in [1.807, 2.05) is 13.8 Å². The number of carbonyl (C=O) groups excluding carboxylic acids is 1. The van der Waals surface area contributed by atoms with Crippen molar-refractivity contribution in [3.05, 3.63) is 28.2 Å². The Morgan fingerprint density at radius 1 is 1.40 bits per heavy atom. The molecule has 0 bridgehead atoms. The maximum absolute atomic E-state index is 12.1. The third-order valence-electron chi connectivity index (χ3n) is 2.93. The van der Waals surface area contributed by atoms with Gasteiger partial charge in [0.25, 0.3) is 5.91 Å². The Labute approximate surface area is 126 Å². The molecule has 110 valence electrons. The van der Waals surface area contributed by atoms with Crippen LogP contribution in [0.5, 0.6) is 5.75 Å². The van der Waals surface area contributed by atoms with Gasteiger partial charge in [0, 0.05) is 11.6 Å². The van der Waals surface area contributed by atoms with Crippen LogP contribution in [0.2, 0.25) is 0 Å². The van der Waals surface area contributed by atoms with Gasteiger partial charge in [0.15, 0.2) is 0 Å². The van der Waals surface area contributed by atoms with Crippen molar-refractivity contribution in [1.29, 1.82) is 0 Å². The largest absolute Gasteiger partial charge is 0.496 e. The zero-order valence-corrected chi connectivity index (χ0v) is 13.2. The van der Waals surface area contributed by atoms with Gasteiger partial charge >= 0.3 is 5.97 Å². The van der Waals surface area contributed by atoms with Crippen LogP contribution < -0.4 is 10.1 Å². The molecular weight excluding hydrogens is 326 g/mol. The first-order valence-electron chi connectivity index (χ1n) is 6.21. The fraction of sp³-hybridized carbons (Fsp3) is 0.429. The van der Waals surface area contributed by atoms with Gasteiger partial charge in [-0.3, -0.25) is 9.59 Å². The minimum absolute atomic E-state index is 0.0386. The number of amides is 1. The number of halogens is 1. The summed E-state index contributed by atoms with van der Waals surface area (Å²) in [4.78, 5) is 22.9. The molecule has 1 amide bonds. The molecule has 0 fully saturated rings. The van der Waals surface area contributed by atoms with Crippen LogP contribution >= 0.6 is 15.9 Å². The Kier molecular flexibility index (Phi) is 6.01. The molecular formula is C14H18BrNO4. The number of benzene rings is 1. The predicted molar refractivity (Wildman–Crippen MR) is 79.0 cm³/mol. The standard InChI is InChI=1S/C14H18BrNO4/c1-8(2)11(7-13(17)18)16-14(19)9-4-5-12(20-3)10(15)6-9/h4-6,8,11H,7H2,1-3H3,(H,16,19)(H,17,18). The summed E-state index contributed by atoms with van der Waals surface area (Å²) in [6.45, 7) is 3.75. The molecule has 0 spiro atoms. The summed E-state index contributed by atoms with van der Waals surface area (Å²) in [5.41, 5.74) is 0.453. The molecule has 1 atom stereocenters. The maximum atomic E-state index is 12.1. The van der Waals surface area contributed by atoms with Gasteiger partial charge in [-0.15, -0.1) is 0 Å². The zero-order chi connectivity index (χ0) is 15.3. The van der Waals surface area contributed by atoms with Crippen LogP contribution in [0, 0.1) is 5.92 Å². The van der Waals surface area contributed by atoms with Crippen LogP contribution in [0.3, 0.4) is 0 Å². The summed E-state index contributed by atoms with van der Waals surface area (Å²) in [6.07, 6.45) is -0.0965. The number of methoxy groups -OCH3 is 1. The molecule has 6 heteroatoms. The Morgan fingerprint density at radius 3 is 2.50 bits per heavy atom. The number of rotatable bonds is 6. The molecule has 5 nitrogen and oxygen atoms in total. The fourth-order valence-electron chi connectivity index (χ4n) is 1.70. The monoisotopic (exact) mass is 343 g/mol. The van der Waals surface area contributed by atoms with Gasteiger partial charge in [-0.05, 0) is 40.0 Å². The maximum Gasteiger partial charge on any atom is 0.305 e. The normalized spacial score (nSPS) is 12.1. The van der Waals surface area contributed by atoms with Crippen LogP contribution in [0.4, 0.5) is 0 Å². The summed E-state index contributed by atoms with van der Waals surface area (Å²) in [5, 5.41) is 11.6. The number of hydrogen-bond donors (Lipinski definition) is 2. The van der Waals surface area contributed by atoms with Crippen molar-refractivity contribution in [2.75, 3.05) is 7.11 Å². The van der Waals surface area contributed by atoms with Crippen molar-refractivity contribution >= 4 is 27.8 Å². The van der Waals surface area contributed by atoms with Crippen LogP contribution in [-0.2, 0) is 4.79 Å². The lowest BCUT2D eigenvalue weighted by molar-refractivity contribution is -0.137. The Balaban J connectivity index is 2.83. The molecule has 1 aromatic rings. The number of aliphatic carboxylic acids is 1. The van der Waals surface area contributed by atoms with E-state index in [4.69, 9.17) is 9.84 Å². The third-order valence-corrected chi connectivity index (χ3v) is 3.55. The molecule has 0 aromatic heterocycles. The summed E-state index contributed by atoms with van der Waals surface area (Å²) in [7, 11) is 1.54. The highest BCUT2D eigenvalue weighted by Gasteiger charge is 2.20. The lowest BCUT2D eigenvalue weighted by atomic mass is 10.0. The first-order chi connectivity index (χ1) is 9.35. The van der Waals surface area contributed by atoms with Crippen molar-refractivity contribution in [2.45, 2.75) is 26.3 Å². The topological polar surface area (TPSA) is 75.6 Å². The van der Waals surface area contributed by atoms with E-state index in [0.29, 0.717) is 15.8 Å². The molecule has 0 heterocycles. The molecule has 0 aliphatic heterocycles. The molecule has 0 saturated heterocycles. The number of nitrogens with one attached hydrogen (secondary N) is 1. The van der Waals surface area contributed by atoms with Gasteiger partial charge in [-0.2, -0.15) is 0 Å². The Hall–Kier alpha value is -1.56. The molecule has 0 saturated carbocycles. The zero-order valence-electron chi connectivity index (χ0n) is 11.6. The van der Waals surface area contributed by atoms with Gasteiger partial charge in [-0.25, -0.2) is 0 Å². The summed E-state index contributed by atoms with van der Waals surface area (Å²) < 4.78 is 5.77. The Morgan fingerprint density at radius 2 is 2.05 bits per heavy atom. The first-order valence-corrected chi connectivity index (χ1v) is 7.00. The molecule has 0 radical (unpaired) electrons. The predicted octanol–water partition coefficient (Wildman–Crippen LogP) is 2.69. The second kappa shape index (κ2) is 7.28. The van der Waals surface area contributed by atoms with E-state index in [0.717, 1.165) is 0 Å². The van der Waals surface area contributed by atoms with Crippen LogP contribution in [0.15, 0.2) is 22.7 Å². The summed E-state index contributed by atoms with van der Waals surface area (Å²) in [5.74, 6) is -0.558. The molecule has 1 aromatic carbocycles. The van der Waals surface area contributed by atoms with Gasteiger partial charge in [0.05, 0.1) is 18.0 Å². The Bertz CT molecular complexity index is 502. The van der Waals surface area contributed by atoms with E-state index < -0.39 is 12.0 Å². The quantitative estimate of drug-likeness (QED) is 0.832. The molecule has 0 aliphatic rings. The van der Waals surface area contributed by atoms with Crippen LogP contribution in [0.1, 0.15) is 30.6 Å². The summed E-state index contributed by atoms with van der Waals surface area (Å²) >= 11 is 3.31. The van der Waals surface area contributed by atoms with E-state index in [9.17, 15) is 9.59 Å². The second-order valence-corrected chi connectivity index (χ2v) is 5.63. The van der Waals surface area contributed by atoms with Crippen molar-refractivity contribution < 1.29 is 19.4 Å². The lowest BCUT2D eigenvalue weighted by Crippen LogP contribution is -2.40. The van der Waals surface area contributed by atoms with Gasteiger partial charge in [0.2, 0.25) is 0 Å². The number of hydrogen-bond acceptors (Lipinski definition) is 3. The van der Waals surface area contributed by atoms with Crippen molar-refractivity contribution in [1.82, 2.24) is 5.32 Å². The second-order valence-electron chi connectivity index (χ2n) is 4.77. The van der Waals surface area contributed by atoms with Crippen molar-refractivity contribution in [3.8, 4) is 5.75 Å². The SMILES string of the molecule is COc1ccc(C(=O)NC(CC(=O)O)C(C)C)cc1Br. The molecule has 0 aliphatic carbocycles. The number of carboxylic acids is 1. The smallest absolute Gasteiger partial charge is 0.305 e. The molecule has 1 rings (SSSR count).